The Morgan fingerprint density at radius 1 is 1.35 bits per heavy atom. The number of nitrogens with two attached hydrogens (primary N) is 1. The molecule has 1 aliphatic heterocycles. The van der Waals surface area contributed by atoms with Crippen LogP contribution in [0, 0.1) is 11.7 Å². The number of ether oxygens (including phenoxy) is 1. The van der Waals surface area contributed by atoms with E-state index in [4.69, 9.17) is 10.5 Å². The van der Waals surface area contributed by atoms with Crippen LogP contribution in [0.25, 0.3) is 0 Å². The Bertz CT molecular complexity index is 561. The van der Waals surface area contributed by atoms with E-state index in [0.29, 0.717) is 24.3 Å². The van der Waals surface area contributed by atoms with Gasteiger partial charge in [-0.1, -0.05) is 0 Å². The molecule has 4 N–H and O–H groups in total. The molecule has 6 heteroatoms. The highest BCUT2D eigenvalue weighted by atomic mass is 19.1. The smallest absolute Gasteiger partial charge is 0.227 e. The van der Waals surface area contributed by atoms with E-state index in [-0.39, 0.29) is 29.8 Å². The molecule has 126 valence electrons. The largest absolute Gasteiger partial charge is 0.380 e. The molecular formula is C17H24FN3O2. The molecule has 1 aliphatic carbocycles. The fourth-order valence-electron chi connectivity index (χ4n) is 3.26. The third kappa shape index (κ3) is 4.20. The van der Waals surface area contributed by atoms with Crippen LogP contribution in [-0.2, 0) is 9.53 Å². The highest BCUT2D eigenvalue weighted by molar-refractivity contribution is 5.93. The van der Waals surface area contributed by atoms with Gasteiger partial charge < -0.3 is 21.1 Å². The Hall–Kier alpha value is -1.66. The first-order valence-electron chi connectivity index (χ1n) is 8.33. The van der Waals surface area contributed by atoms with Crippen LogP contribution in [-0.4, -0.2) is 31.2 Å². The van der Waals surface area contributed by atoms with Crippen molar-refractivity contribution in [1.82, 2.24) is 0 Å². The van der Waals surface area contributed by atoms with Gasteiger partial charge in [-0.2, -0.15) is 0 Å². The standard InChI is InChI=1S/C17H24FN3O2/c18-15-9-13(21-17(22)11-3-4-12(19)8-11)5-6-16(15)20-10-14-2-1-7-23-14/h5-6,9,11-12,14,20H,1-4,7-8,10,19H2,(H,21,22). The molecule has 5 nitrogen and oxygen atoms in total. The van der Waals surface area contributed by atoms with Gasteiger partial charge in [0.25, 0.3) is 0 Å². The molecule has 0 aromatic heterocycles. The highest BCUT2D eigenvalue weighted by Crippen LogP contribution is 2.26. The van der Waals surface area contributed by atoms with Crippen molar-refractivity contribution < 1.29 is 13.9 Å². The summed E-state index contributed by atoms with van der Waals surface area (Å²) in [6, 6.07) is 4.82. The Morgan fingerprint density at radius 3 is 2.87 bits per heavy atom. The number of benzene rings is 1. The molecule has 0 spiro atoms. The summed E-state index contributed by atoms with van der Waals surface area (Å²) in [5.74, 6) is -0.508. The predicted molar refractivity (Wildman–Crippen MR) is 87.8 cm³/mol. The molecule has 1 saturated heterocycles. The summed E-state index contributed by atoms with van der Waals surface area (Å²) in [6.45, 7) is 1.38. The van der Waals surface area contributed by atoms with E-state index in [9.17, 15) is 9.18 Å². The number of hydrogen-bond acceptors (Lipinski definition) is 4. The van der Waals surface area contributed by atoms with Crippen LogP contribution in [0.4, 0.5) is 15.8 Å². The first kappa shape index (κ1) is 16.2. The van der Waals surface area contributed by atoms with E-state index in [2.05, 4.69) is 10.6 Å². The van der Waals surface area contributed by atoms with Gasteiger partial charge >= 0.3 is 0 Å². The summed E-state index contributed by atoms with van der Waals surface area (Å²) >= 11 is 0. The van der Waals surface area contributed by atoms with Gasteiger partial charge in [-0.05, 0) is 50.3 Å². The average Bonchev–Trinajstić information content (AvgIpc) is 3.18. The lowest BCUT2D eigenvalue weighted by molar-refractivity contribution is -0.119. The number of carbonyl (C=O) groups excluding carboxylic acids is 1. The summed E-state index contributed by atoms with van der Waals surface area (Å²) in [7, 11) is 0. The van der Waals surface area contributed by atoms with E-state index >= 15 is 0 Å². The molecule has 1 amide bonds. The summed E-state index contributed by atoms with van der Waals surface area (Å²) in [5, 5.41) is 5.85. The second-order valence-corrected chi connectivity index (χ2v) is 6.47. The van der Waals surface area contributed by atoms with Gasteiger partial charge in [0.2, 0.25) is 5.91 Å². The fourth-order valence-corrected chi connectivity index (χ4v) is 3.26. The number of nitrogens with one attached hydrogen (secondary N) is 2. The molecule has 1 aromatic rings. The normalized spacial score (nSPS) is 27.1. The van der Waals surface area contributed by atoms with Crippen LogP contribution in [0.15, 0.2) is 18.2 Å². The first-order valence-corrected chi connectivity index (χ1v) is 8.33. The Labute approximate surface area is 135 Å². The minimum absolute atomic E-state index is 0.0645. The topological polar surface area (TPSA) is 76.4 Å². The van der Waals surface area contributed by atoms with Crippen molar-refractivity contribution in [3.8, 4) is 0 Å². The molecule has 3 atom stereocenters. The molecule has 3 unspecified atom stereocenters. The second kappa shape index (κ2) is 7.27. The number of carbonyl (C=O) groups is 1. The number of rotatable bonds is 5. The Balaban J connectivity index is 1.54. The quantitative estimate of drug-likeness (QED) is 0.779. The van der Waals surface area contributed by atoms with Crippen molar-refractivity contribution in [3.05, 3.63) is 24.0 Å². The predicted octanol–water partition coefficient (Wildman–Crippen LogP) is 2.48. The lowest BCUT2D eigenvalue weighted by Gasteiger charge is -2.14. The summed E-state index contributed by atoms with van der Waals surface area (Å²) in [5.41, 5.74) is 6.74. The van der Waals surface area contributed by atoms with Crippen molar-refractivity contribution in [1.29, 1.82) is 0 Å². The molecule has 1 heterocycles. The zero-order valence-electron chi connectivity index (χ0n) is 13.2. The maximum atomic E-state index is 14.1. The van der Waals surface area contributed by atoms with Crippen LogP contribution in [0.2, 0.25) is 0 Å². The van der Waals surface area contributed by atoms with Crippen LogP contribution in [0.3, 0.4) is 0 Å². The van der Waals surface area contributed by atoms with Crippen LogP contribution < -0.4 is 16.4 Å². The maximum absolute atomic E-state index is 14.1. The van der Waals surface area contributed by atoms with E-state index < -0.39 is 0 Å². The van der Waals surface area contributed by atoms with Gasteiger partial charge in [0, 0.05) is 30.8 Å². The minimum Gasteiger partial charge on any atom is -0.380 e. The highest BCUT2D eigenvalue weighted by Gasteiger charge is 2.27. The van der Waals surface area contributed by atoms with Crippen molar-refractivity contribution >= 4 is 17.3 Å². The summed E-state index contributed by atoms with van der Waals surface area (Å²) < 4.78 is 19.6. The van der Waals surface area contributed by atoms with E-state index in [1.807, 2.05) is 0 Å². The molecule has 2 fully saturated rings. The lowest BCUT2D eigenvalue weighted by atomic mass is 10.1. The first-order chi connectivity index (χ1) is 11.1. The van der Waals surface area contributed by atoms with Crippen molar-refractivity contribution in [2.75, 3.05) is 23.8 Å². The van der Waals surface area contributed by atoms with Gasteiger partial charge in [0.15, 0.2) is 0 Å². The van der Waals surface area contributed by atoms with E-state index in [0.717, 1.165) is 32.3 Å². The zero-order valence-corrected chi connectivity index (χ0v) is 13.2. The Morgan fingerprint density at radius 2 is 2.22 bits per heavy atom. The molecule has 2 aliphatic rings. The molecule has 0 bridgehead atoms. The Kier molecular flexibility index (Phi) is 5.13. The van der Waals surface area contributed by atoms with Gasteiger partial charge in [0.05, 0.1) is 11.8 Å². The number of anilines is 2. The van der Waals surface area contributed by atoms with Crippen LogP contribution >= 0.6 is 0 Å². The molecule has 1 aromatic carbocycles. The summed E-state index contributed by atoms with van der Waals surface area (Å²) in [6.07, 6.45) is 4.60. The number of halogens is 1. The number of amides is 1. The van der Waals surface area contributed by atoms with Gasteiger partial charge in [0.1, 0.15) is 5.82 Å². The minimum atomic E-state index is -0.371. The monoisotopic (exact) mass is 321 g/mol. The third-order valence-electron chi connectivity index (χ3n) is 4.62. The van der Waals surface area contributed by atoms with Gasteiger partial charge in [-0.25, -0.2) is 4.39 Å². The van der Waals surface area contributed by atoms with Crippen molar-refractivity contribution in [3.63, 3.8) is 0 Å². The second-order valence-electron chi connectivity index (χ2n) is 6.47. The SMILES string of the molecule is NC1CCC(C(=O)Nc2ccc(NCC3CCCO3)c(F)c2)C1. The molecule has 0 radical (unpaired) electrons. The van der Waals surface area contributed by atoms with Crippen LogP contribution in [0.1, 0.15) is 32.1 Å². The fraction of sp³-hybridized carbons (Fsp3) is 0.588. The number of hydrogen-bond donors (Lipinski definition) is 3. The maximum Gasteiger partial charge on any atom is 0.227 e. The van der Waals surface area contributed by atoms with E-state index in [1.54, 1.807) is 12.1 Å². The van der Waals surface area contributed by atoms with Gasteiger partial charge in [-0.15, -0.1) is 0 Å². The van der Waals surface area contributed by atoms with E-state index in [1.165, 1.54) is 6.07 Å². The zero-order chi connectivity index (χ0) is 16.2. The average molecular weight is 321 g/mol. The molecular weight excluding hydrogens is 297 g/mol. The lowest BCUT2D eigenvalue weighted by Crippen LogP contribution is -2.23. The molecule has 3 rings (SSSR count). The molecule has 1 saturated carbocycles. The van der Waals surface area contributed by atoms with Crippen molar-refractivity contribution in [2.45, 2.75) is 44.2 Å². The molecule has 23 heavy (non-hydrogen) atoms. The van der Waals surface area contributed by atoms with Crippen molar-refractivity contribution in [2.24, 2.45) is 11.7 Å². The van der Waals surface area contributed by atoms with Gasteiger partial charge in [-0.3, -0.25) is 4.79 Å². The summed E-state index contributed by atoms with van der Waals surface area (Å²) in [4.78, 5) is 12.1. The third-order valence-corrected chi connectivity index (χ3v) is 4.62. The van der Waals surface area contributed by atoms with Crippen LogP contribution in [0.5, 0.6) is 0 Å².